The van der Waals surface area contributed by atoms with Gasteiger partial charge in [0.25, 0.3) is 0 Å². The minimum Gasteiger partial charge on any atom is -0.461 e. The number of benzene rings is 1. The molecule has 5 heterocycles. The highest BCUT2D eigenvalue weighted by Crippen LogP contribution is 2.51. The standard InChI is InChI=1S/C33H40FN7O2/c1-21-7-10-33(29-24(21)5-6-27(37)25(29)17-36)15-28-26(19-43-33)30(40-11-2-4-22(16-35)8-13-40)39-31(38-28)42-20-32-9-3-12-41(32)18-23(34)14-32/h5-6,21-23H,2-4,7-15,18-20,37H2,1H3/t21-,22+,23+,32?,33-/m0/s1. The van der Waals surface area contributed by atoms with Crippen LogP contribution in [0.2, 0.25) is 0 Å². The topological polar surface area (TPSA) is 124 Å². The molecule has 1 aromatic heterocycles. The summed E-state index contributed by atoms with van der Waals surface area (Å²) < 4.78 is 27.7. The molecule has 3 fully saturated rings. The van der Waals surface area contributed by atoms with Crippen molar-refractivity contribution in [2.45, 2.75) is 94.5 Å². The van der Waals surface area contributed by atoms with E-state index in [1.807, 2.05) is 12.1 Å². The molecule has 7 rings (SSSR count). The van der Waals surface area contributed by atoms with Crippen LogP contribution in [-0.4, -0.2) is 59.4 Å². The smallest absolute Gasteiger partial charge is 0.318 e. The van der Waals surface area contributed by atoms with Crippen LogP contribution in [0, 0.1) is 28.6 Å². The van der Waals surface area contributed by atoms with Crippen molar-refractivity contribution in [2.24, 2.45) is 5.92 Å². The van der Waals surface area contributed by atoms with Crippen molar-refractivity contribution in [3.8, 4) is 18.1 Å². The number of ether oxygens (including phenoxy) is 2. The van der Waals surface area contributed by atoms with Crippen LogP contribution in [0.1, 0.15) is 92.2 Å². The van der Waals surface area contributed by atoms with E-state index in [-0.39, 0.29) is 11.5 Å². The summed E-state index contributed by atoms with van der Waals surface area (Å²) in [6.07, 6.45) is 6.36. The van der Waals surface area contributed by atoms with Crippen LogP contribution in [0.4, 0.5) is 15.9 Å². The first kappa shape index (κ1) is 28.3. The van der Waals surface area contributed by atoms with Crippen LogP contribution in [0.3, 0.4) is 0 Å². The van der Waals surface area contributed by atoms with Gasteiger partial charge in [0.15, 0.2) is 0 Å². The van der Waals surface area contributed by atoms with Crippen molar-refractivity contribution in [1.82, 2.24) is 14.9 Å². The van der Waals surface area contributed by atoms with Gasteiger partial charge in [-0.25, -0.2) is 4.39 Å². The van der Waals surface area contributed by atoms with E-state index < -0.39 is 11.8 Å². The summed E-state index contributed by atoms with van der Waals surface area (Å²) in [6, 6.07) is 9.02. The number of nitrogens with zero attached hydrogens (tertiary/aromatic N) is 6. The van der Waals surface area contributed by atoms with Crippen molar-refractivity contribution in [3.05, 3.63) is 40.1 Å². The zero-order valence-electron chi connectivity index (χ0n) is 24.9. The average molecular weight is 586 g/mol. The zero-order valence-corrected chi connectivity index (χ0v) is 24.9. The minimum absolute atomic E-state index is 0.0388. The number of nitrogen functional groups attached to an aromatic ring is 1. The maximum Gasteiger partial charge on any atom is 0.318 e. The monoisotopic (exact) mass is 585 g/mol. The summed E-state index contributed by atoms with van der Waals surface area (Å²) in [6.45, 7) is 5.76. The van der Waals surface area contributed by atoms with Gasteiger partial charge in [-0.05, 0) is 69.0 Å². The number of hydrogen-bond acceptors (Lipinski definition) is 9. The van der Waals surface area contributed by atoms with Gasteiger partial charge in [-0.2, -0.15) is 20.5 Å². The van der Waals surface area contributed by atoms with Crippen molar-refractivity contribution >= 4 is 11.5 Å². The SMILES string of the molecule is C[C@H]1CC[C@]2(Cc3nc(OCC45CCCN4C[C@H](F)C5)nc(N4CCC[C@@H](C#N)CC4)c3CO2)c2c1ccc(N)c2C#N. The summed E-state index contributed by atoms with van der Waals surface area (Å²) in [4.78, 5) is 14.5. The van der Waals surface area contributed by atoms with Gasteiger partial charge in [0.1, 0.15) is 30.3 Å². The van der Waals surface area contributed by atoms with E-state index in [9.17, 15) is 14.9 Å². The maximum atomic E-state index is 14.5. The fourth-order valence-electron chi connectivity index (χ4n) is 8.44. The molecule has 1 unspecified atom stereocenters. The molecule has 3 saturated heterocycles. The molecule has 0 bridgehead atoms. The van der Waals surface area contributed by atoms with Gasteiger partial charge in [-0.15, -0.1) is 0 Å². The number of aromatic nitrogens is 2. The van der Waals surface area contributed by atoms with Crippen molar-refractivity contribution in [1.29, 1.82) is 10.5 Å². The first-order valence-corrected chi connectivity index (χ1v) is 15.9. The van der Waals surface area contributed by atoms with Crippen LogP contribution in [-0.2, 0) is 23.4 Å². The number of hydrogen-bond donors (Lipinski definition) is 1. The second-order valence-electron chi connectivity index (χ2n) is 13.4. The molecule has 1 aliphatic carbocycles. The van der Waals surface area contributed by atoms with Crippen molar-refractivity contribution in [2.75, 3.05) is 43.4 Å². The molecule has 1 spiro atoms. The molecule has 226 valence electrons. The molecule has 0 amide bonds. The fraction of sp³-hybridized carbons (Fsp3) is 0.636. The van der Waals surface area contributed by atoms with Gasteiger partial charge >= 0.3 is 6.01 Å². The molecule has 5 atom stereocenters. The Kier molecular flexibility index (Phi) is 7.18. The molecule has 4 aliphatic heterocycles. The summed E-state index contributed by atoms with van der Waals surface area (Å²) >= 11 is 0. The molecule has 2 N–H and O–H groups in total. The van der Waals surface area contributed by atoms with Gasteiger partial charge in [0.2, 0.25) is 0 Å². The Labute approximate surface area is 252 Å². The summed E-state index contributed by atoms with van der Waals surface area (Å²) in [5.41, 5.74) is 10.1. The fourth-order valence-corrected chi connectivity index (χ4v) is 8.44. The molecule has 9 nitrogen and oxygen atoms in total. The summed E-state index contributed by atoms with van der Waals surface area (Å²) in [5, 5.41) is 19.8. The molecule has 2 aromatic rings. The largest absolute Gasteiger partial charge is 0.461 e. The predicted octanol–water partition coefficient (Wildman–Crippen LogP) is 4.88. The number of halogens is 1. The van der Waals surface area contributed by atoms with Crippen LogP contribution in [0.25, 0.3) is 0 Å². The Morgan fingerprint density at radius 1 is 1.14 bits per heavy atom. The van der Waals surface area contributed by atoms with Gasteiger partial charge in [0, 0.05) is 55.2 Å². The van der Waals surface area contributed by atoms with E-state index in [4.69, 9.17) is 25.2 Å². The number of fused-ring (bicyclic) bond motifs is 4. The van der Waals surface area contributed by atoms with Gasteiger partial charge in [-0.3, -0.25) is 4.90 Å². The first-order valence-electron chi connectivity index (χ1n) is 15.9. The first-order chi connectivity index (χ1) is 20.8. The lowest BCUT2D eigenvalue weighted by atomic mass is 9.69. The van der Waals surface area contributed by atoms with E-state index in [0.717, 1.165) is 92.8 Å². The van der Waals surface area contributed by atoms with Crippen molar-refractivity contribution < 1.29 is 13.9 Å². The Morgan fingerprint density at radius 2 is 2.02 bits per heavy atom. The number of nitrogens with two attached hydrogens (primary N) is 1. The molecule has 5 aliphatic rings. The lowest BCUT2D eigenvalue weighted by Crippen LogP contribution is -2.44. The third-order valence-corrected chi connectivity index (χ3v) is 10.8. The predicted molar refractivity (Wildman–Crippen MR) is 159 cm³/mol. The van der Waals surface area contributed by atoms with E-state index in [2.05, 4.69) is 28.9 Å². The van der Waals surface area contributed by atoms with E-state index in [0.29, 0.717) is 55.8 Å². The quantitative estimate of drug-likeness (QED) is 0.500. The minimum atomic E-state index is -0.832. The van der Waals surface area contributed by atoms with Crippen LogP contribution in [0.15, 0.2) is 12.1 Å². The lowest BCUT2D eigenvalue weighted by Gasteiger charge is -2.45. The highest BCUT2D eigenvalue weighted by Gasteiger charge is 2.50. The van der Waals surface area contributed by atoms with E-state index in [1.165, 1.54) is 0 Å². The molecule has 10 heteroatoms. The number of alkyl halides is 1. The molecule has 0 saturated carbocycles. The van der Waals surface area contributed by atoms with Gasteiger partial charge in [-0.1, -0.05) is 13.0 Å². The van der Waals surface area contributed by atoms with Gasteiger partial charge < -0.3 is 20.1 Å². The number of anilines is 2. The van der Waals surface area contributed by atoms with E-state index in [1.54, 1.807) is 0 Å². The molecule has 43 heavy (non-hydrogen) atoms. The lowest BCUT2D eigenvalue weighted by molar-refractivity contribution is -0.0873. The Bertz CT molecular complexity index is 1500. The summed E-state index contributed by atoms with van der Waals surface area (Å²) in [7, 11) is 0. The normalized spacial score (nSPS) is 31.9. The zero-order chi connectivity index (χ0) is 29.8. The second-order valence-corrected chi connectivity index (χ2v) is 13.4. The maximum absolute atomic E-state index is 14.5. The Hall–Kier alpha value is -3.47. The van der Waals surface area contributed by atoms with Crippen LogP contribution < -0.4 is 15.4 Å². The number of rotatable bonds is 4. The highest BCUT2D eigenvalue weighted by molar-refractivity contribution is 5.64. The molecule has 0 radical (unpaired) electrons. The Balaban J connectivity index is 1.27. The molecular weight excluding hydrogens is 545 g/mol. The van der Waals surface area contributed by atoms with E-state index >= 15 is 0 Å². The average Bonchev–Trinajstić information content (AvgIpc) is 3.42. The third kappa shape index (κ3) is 4.80. The number of nitriles is 2. The highest BCUT2D eigenvalue weighted by atomic mass is 19.1. The van der Waals surface area contributed by atoms with Crippen molar-refractivity contribution in [3.63, 3.8) is 0 Å². The molecular formula is C33H40FN7O2. The van der Waals surface area contributed by atoms with Crippen LogP contribution >= 0.6 is 0 Å². The third-order valence-electron chi connectivity index (χ3n) is 10.8. The van der Waals surface area contributed by atoms with Crippen LogP contribution in [0.5, 0.6) is 6.01 Å². The summed E-state index contributed by atoms with van der Waals surface area (Å²) in [5.74, 6) is 1.14. The molecule has 1 aromatic carbocycles. The Morgan fingerprint density at radius 3 is 2.86 bits per heavy atom. The van der Waals surface area contributed by atoms with Gasteiger partial charge in [0.05, 0.1) is 29.5 Å². The second kappa shape index (κ2) is 10.9.